The van der Waals surface area contributed by atoms with Crippen LogP contribution >= 0.6 is 0 Å². The third kappa shape index (κ3) is 7.77. The zero-order valence-electron chi connectivity index (χ0n) is 34.5. The van der Waals surface area contributed by atoms with Gasteiger partial charge in [-0.25, -0.2) is 0 Å². The van der Waals surface area contributed by atoms with E-state index in [1.54, 1.807) is 9.80 Å². The van der Waals surface area contributed by atoms with E-state index < -0.39 is 65.3 Å². The molecule has 15 nitrogen and oxygen atoms in total. The number of H-pyrrole nitrogens is 2. The molecule has 2 aromatic heterocycles. The third-order valence-corrected chi connectivity index (χ3v) is 14.2. The predicted molar refractivity (Wildman–Crippen MR) is 229 cm³/mol. The first-order valence-corrected chi connectivity index (χ1v) is 22.3. The lowest BCUT2D eigenvalue weighted by molar-refractivity contribution is -0.150. The van der Waals surface area contributed by atoms with Crippen LogP contribution in [0.4, 0.5) is 0 Å². The average molecular weight is 832 g/mol. The molecular weight excluding hydrogens is 775 g/mol. The van der Waals surface area contributed by atoms with Gasteiger partial charge in [-0.05, 0) is 87.1 Å². The van der Waals surface area contributed by atoms with E-state index in [0.717, 1.165) is 58.6 Å². The van der Waals surface area contributed by atoms with E-state index in [-0.39, 0.29) is 43.7 Å². The topological polar surface area (TPSA) is 215 Å². The SMILES string of the molecule is NCC[C@@H]1NC(=O)[C@H](Cc2c[nH]c3ccccc23)NC(=O)C2(CCCC2)NC(=O)[C@H](Cc2c[nH]c3ccccc23)NC(=O)[C@H]2C[C@H]3CCCC[C@H]3N2C(=O)[C@H]2CCCN2C1=O. The Bertz CT molecular complexity index is 2330. The van der Waals surface area contributed by atoms with Gasteiger partial charge in [-0.15, -0.1) is 0 Å². The Hall–Kier alpha value is -5.70. The maximum absolute atomic E-state index is 15.0. The second-order valence-electron chi connectivity index (χ2n) is 17.9. The van der Waals surface area contributed by atoms with Crippen molar-refractivity contribution in [1.82, 2.24) is 41.0 Å². The molecule has 1 spiro atoms. The quantitative estimate of drug-likeness (QED) is 0.154. The number of nitrogens with zero attached hydrogens (tertiary/aromatic N) is 2. The summed E-state index contributed by atoms with van der Waals surface area (Å²) in [6.07, 6.45) is 11.0. The molecule has 5 heterocycles. The second-order valence-corrected chi connectivity index (χ2v) is 17.9. The minimum atomic E-state index is -1.37. The van der Waals surface area contributed by atoms with Crippen LogP contribution in [0.1, 0.15) is 88.2 Å². The number of para-hydroxylation sites is 2. The molecule has 322 valence electrons. The number of benzene rings is 2. The summed E-state index contributed by atoms with van der Waals surface area (Å²) in [6.45, 7) is 0.408. The zero-order valence-corrected chi connectivity index (χ0v) is 34.5. The fourth-order valence-corrected chi connectivity index (χ4v) is 11.1. The van der Waals surface area contributed by atoms with Crippen molar-refractivity contribution in [2.24, 2.45) is 11.7 Å². The minimum absolute atomic E-state index is 0.0929. The molecule has 2 aliphatic carbocycles. The zero-order chi connectivity index (χ0) is 42.3. The Morgan fingerprint density at radius 1 is 0.639 bits per heavy atom. The van der Waals surface area contributed by atoms with Gasteiger partial charge < -0.3 is 46.8 Å². The number of aromatic amines is 2. The summed E-state index contributed by atoms with van der Waals surface area (Å²) in [6, 6.07) is 10.3. The van der Waals surface area contributed by atoms with Crippen LogP contribution in [0.5, 0.6) is 0 Å². The molecule has 15 heteroatoms. The maximum atomic E-state index is 15.0. The van der Waals surface area contributed by atoms with Crippen LogP contribution in [-0.2, 0) is 41.6 Å². The first-order valence-electron chi connectivity index (χ1n) is 22.3. The van der Waals surface area contributed by atoms with Gasteiger partial charge in [0, 0.05) is 59.6 Å². The van der Waals surface area contributed by atoms with E-state index in [0.29, 0.717) is 51.5 Å². The number of nitrogens with one attached hydrogen (secondary N) is 6. The van der Waals surface area contributed by atoms with Crippen molar-refractivity contribution in [2.45, 2.75) is 132 Å². The van der Waals surface area contributed by atoms with E-state index in [4.69, 9.17) is 5.73 Å². The summed E-state index contributed by atoms with van der Waals surface area (Å²) in [7, 11) is 0. The summed E-state index contributed by atoms with van der Waals surface area (Å²) < 4.78 is 0. The largest absolute Gasteiger partial charge is 0.361 e. The summed E-state index contributed by atoms with van der Waals surface area (Å²) in [4.78, 5) is 98.4. The third-order valence-electron chi connectivity index (χ3n) is 14.2. The highest BCUT2D eigenvalue weighted by Gasteiger charge is 2.52. The van der Waals surface area contributed by atoms with Gasteiger partial charge >= 0.3 is 0 Å². The van der Waals surface area contributed by atoms with Gasteiger partial charge in [0.2, 0.25) is 35.4 Å². The van der Waals surface area contributed by atoms with Crippen LogP contribution < -0.4 is 27.0 Å². The van der Waals surface area contributed by atoms with Crippen molar-refractivity contribution in [2.75, 3.05) is 13.1 Å². The second kappa shape index (κ2) is 17.0. The maximum Gasteiger partial charge on any atom is 0.246 e. The minimum Gasteiger partial charge on any atom is -0.361 e. The van der Waals surface area contributed by atoms with E-state index in [9.17, 15) is 28.8 Å². The molecule has 3 saturated heterocycles. The van der Waals surface area contributed by atoms with Crippen molar-refractivity contribution in [3.8, 4) is 0 Å². The van der Waals surface area contributed by atoms with E-state index in [1.807, 2.05) is 60.9 Å². The van der Waals surface area contributed by atoms with E-state index in [1.165, 1.54) is 0 Å². The Kier molecular flexibility index (Phi) is 11.3. The molecule has 5 fully saturated rings. The smallest absolute Gasteiger partial charge is 0.246 e. The molecule has 7 atom stereocenters. The van der Waals surface area contributed by atoms with Crippen molar-refractivity contribution >= 4 is 57.2 Å². The number of nitrogens with two attached hydrogens (primary N) is 1. The lowest BCUT2D eigenvalue weighted by atomic mass is 9.84. The first kappa shape index (κ1) is 40.7. The number of carbonyl (C=O) groups excluding carboxylic acids is 6. The monoisotopic (exact) mass is 831 g/mol. The summed E-state index contributed by atoms with van der Waals surface area (Å²) in [5.41, 5.74) is 8.06. The Balaban J connectivity index is 1.12. The summed E-state index contributed by atoms with van der Waals surface area (Å²) in [5.74, 6) is -2.58. The van der Waals surface area contributed by atoms with Crippen molar-refractivity contribution in [3.05, 3.63) is 72.1 Å². The molecule has 9 rings (SSSR count). The molecular formula is C46H57N9O6. The molecule has 61 heavy (non-hydrogen) atoms. The molecule has 5 aliphatic rings. The highest BCUT2D eigenvalue weighted by atomic mass is 16.2. The molecule has 2 aromatic carbocycles. The fraction of sp³-hybridized carbons (Fsp3) is 0.522. The number of carbonyl (C=O) groups is 6. The van der Waals surface area contributed by atoms with E-state index in [2.05, 4.69) is 31.2 Å². The number of rotatable bonds is 6. The molecule has 6 amide bonds. The number of fused-ring (bicyclic) bond motifs is 6. The normalized spacial score (nSPS) is 28.8. The van der Waals surface area contributed by atoms with Crippen molar-refractivity contribution < 1.29 is 28.8 Å². The average Bonchev–Trinajstić information content (AvgIpc) is 4.13. The predicted octanol–water partition coefficient (Wildman–Crippen LogP) is 2.83. The van der Waals surface area contributed by atoms with Gasteiger partial charge in [0.05, 0.1) is 0 Å². The highest BCUT2D eigenvalue weighted by molar-refractivity contribution is 6.00. The molecule has 0 unspecified atom stereocenters. The Labute approximate surface area is 354 Å². The molecule has 0 bridgehead atoms. The lowest BCUT2D eigenvalue weighted by Gasteiger charge is -2.38. The van der Waals surface area contributed by atoms with Gasteiger partial charge in [0.25, 0.3) is 0 Å². The van der Waals surface area contributed by atoms with Crippen LogP contribution in [0.25, 0.3) is 21.8 Å². The van der Waals surface area contributed by atoms with Crippen LogP contribution in [0, 0.1) is 5.92 Å². The fourth-order valence-electron chi connectivity index (χ4n) is 11.1. The van der Waals surface area contributed by atoms with Gasteiger partial charge in [-0.2, -0.15) is 0 Å². The summed E-state index contributed by atoms with van der Waals surface area (Å²) in [5, 5.41) is 14.0. The Morgan fingerprint density at radius 2 is 1.26 bits per heavy atom. The van der Waals surface area contributed by atoms with Crippen LogP contribution in [0.3, 0.4) is 0 Å². The van der Waals surface area contributed by atoms with Gasteiger partial charge in [0.1, 0.15) is 35.7 Å². The first-order chi connectivity index (χ1) is 29.6. The van der Waals surface area contributed by atoms with Crippen LogP contribution in [0.15, 0.2) is 60.9 Å². The van der Waals surface area contributed by atoms with Crippen LogP contribution in [0.2, 0.25) is 0 Å². The standard InChI is InChI=1S/C46H57N9O6/c47-20-17-34-43(59)54-21-9-16-38(54)44(60)55-37-15-6-1-10-27(37)24-39(55)42(58)51-36(23-29-26-49-33-14-5-3-12-31(29)33)41(57)53-46(18-7-8-19-46)45(61)52-35(40(56)50-34)22-28-25-48-32-13-4-2-11-30(28)32/h2-5,11-14,25-27,34-39,48-49H,1,6-10,15-24,47H2,(H,50,56)(H,51,58)(H,52,61)(H,53,57)/t27-,34+,35+,36+,37-,38-,39-/m1/s1. The van der Waals surface area contributed by atoms with Crippen molar-refractivity contribution in [3.63, 3.8) is 0 Å². The number of aromatic nitrogens is 2. The molecule has 0 radical (unpaired) electrons. The Morgan fingerprint density at radius 3 is 1.93 bits per heavy atom. The van der Waals surface area contributed by atoms with Gasteiger partial charge in [-0.1, -0.05) is 62.1 Å². The highest BCUT2D eigenvalue weighted by Crippen LogP contribution is 2.41. The van der Waals surface area contributed by atoms with E-state index >= 15 is 0 Å². The number of hydrogen-bond acceptors (Lipinski definition) is 7. The van der Waals surface area contributed by atoms with Gasteiger partial charge in [-0.3, -0.25) is 28.8 Å². The number of amides is 6. The molecule has 4 aromatic rings. The van der Waals surface area contributed by atoms with Gasteiger partial charge in [0.15, 0.2) is 0 Å². The summed E-state index contributed by atoms with van der Waals surface area (Å²) >= 11 is 0. The molecule has 3 aliphatic heterocycles. The number of hydrogen-bond donors (Lipinski definition) is 7. The van der Waals surface area contributed by atoms with Crippen LogP contribution in [-0.4, -0.2) is 110 Å². The lowest BCUT2D eigenvalue weighted by Crippen LogP contribution is -2.65. The van der Waals surface area contributed by atoms with Crippen molar-refractivity contribution in [1.29, 1.82) is 0 Å². The molecule has 2 saturated carbocycles. The molecule has 8 N–H and O–H groups in total.